The lowest BCUT2D eigenvalue weighted by Crippen LogP contribution is -2.32. The van der Waals surface area contributed by atoms with Crippen LogP contribution in [-0.2, 0) is 34.8 Å². The largest absolute Gasteiger partial charge is 0.460 e. The second kappa shape index (κ2) is 7.96. The smallest absolute Gasteiger partial charge is 0.309 e. The molecule has 0 radical (unpaired) electrons. The molecule has 2 aromatic heterocycles. The number of aliphatic hydroxyl groups is 1. The highest BCUT2D eigenvalue weighted by Gasteiger charge is 2.40. The summed E-state index contributed by atoms with van der Waals surface area (Å²) >= 11 is 0. The van der Waals surface area contributed by atoms with Crippen LogP contribution in [0.1, 0.15) is 60.4 Å². The van der Waals surface area contributed by atoms with E-state index in [1.165, 1.54) is 6.07 Å². The van der Waals surface area contributed by atoms with Crippen LogP contribution in [-0.4, -0.2) is 38.6 Å². The summed E-state index contributed by atoms with van der Waals surface area (Å²) in [5, 5.41) is 12.3. The van der Waals surface area contributed by atoms with Gasteiger partial charge in [-0.1, -0.05) is 6.92 Å². The van der Waals surface area contributed by atoms with Gasteiger partial charge in [0.25, 0.3) is 5.56 Å². The van der Waals surface area contributed by atoms with Gasteiger partial charge in [-0.3, -0.25) is 14.5 Å². The molecule has 1 atom stereocenters. The summed E-state index contributed by atoms with van der Waals surface area (Å²) in [6.07, 6.45) is 2.36. The van der Waals surface area contributed by atoms with Gasteiger partial charge in [-0.25, -0.2) is 9.37 Å². The third kappa shape index (κ3) is 3.42. The van der Waals surface area contributed by atoms with Gasteiger partial charge in [-0.2, -0.15) is 0 Å². The molecule has 1 N–H and O–H groups in total. The Labute approximate surface area is 202 Å². The van der Waals surface area contributed by atoms with Crippen LogP contribution >= 0.6 is 0 Å². The number of esters is 1. The number of cyclic esters (lactones) is 1. The summed E-state index contributed by atoms with van der Waals surface area (Å²) in [5.74, 6) is -0.844. The standard InChI is InChI=1S/C27H28FN3O4/c1-3-27(34)11-24(32)35-14-19-20(27)9-23-25-18(13-31(23)26(19)33)17(12-30-6-4-5-7-30)16-8-15(2)21(28)10-22(16)29-25/h8-10,34H,3-7,11-14H2,1-2H3. The first-order chi connectivity index (χ1) is 16.8. The van der Waals surface area contributed by atoms with Crippen LogP contribution in [0, 0.1) is 12.7 Å². The Morgan fingerprint density at radius 3 is 2.69 bits per heavy atom. The highest BCUT2D eigenvalue weighted by Crippen LogP contribution is 2.41. The zero-order valence-electron chi connectivity index (χ0n) is 20.0. The van der Waals surface area contributed by atoms with Crippen LogP contribution in [0.3, 0.4) is 0 Å². The van der Waals surface area contributed by atoms with Gasteiger partial charge < -0.3 is 14.4 Å². The molecule has 35 heavy (non-hydrogen) atoms. The zero-order valence-corrected chi connectivity index (χ0v) is 20.0. The van der Waals surface area contributed by atoms with E-state index in [0.29, 0.717) is 46.7 Å². The Kier molecular flexibility index (Phi) is 5.09. The highest BCUT2D eigenvalue weighted by atomic mass is 19.1. The minimum Gasteiger partial charge on any atom is -0.460 e. The topological polar surface area (TPSA) is 84.7 Å². The number of benzene rings is 1. The van der Waals surface area contributed by atoms with Crippen molar-refractivity contribution in [3.8, 4) is 11.4 Å². The van der Waals surface area contributed by atoms with Crippen LogP contribution in [0.15, 0.2) is 23.0 Å². The fraction of sp³-hybridized carbons (Fsp3) is 0.444. The van der Waals surface area contributed by atoms with Crippen molar-refractivity contribution in [2.75, 3.05) is 13.1 Å². The van der Waals surface area contributed by atoms with Gasteiger partial charge in [-0.15, -0.1) is 0 Å². The molecule has 0 amide bonds. The number of hydrogen-bond acceptors (Lipinski definition) is 6. The van der Waals surface area contributed by atoms with E-state index in [0.717, 1.165) is 42.4 Å². The number of carbonyl (C=O) groups is 1. The number of carbonyl (C=O) groups excluding carboxylic acids is 1. The molecule has 7 nitrogen and oxygen atoms in total. The van der Waals surface area contributed by atoms with Gasteiger partial charge in [-0.05, 0) is 68.1 Å². The molecule has 182 valence electrons. The number of fused-ring (bicyclic) bond motifs is 5. The lowest BCUT2D eigenvalue weighted by molar-refractivity contribution is -0.149. The number of pyridine rings is 2. The summed E-state index contributed by atoms with van der Waals surface area (Å²) in [5.41, 5.74) is 3.36. The molecule has 0 bridgehead atoms. The molecule has 1 saturated heterocycles. The van der Waals surface area contributed by atoms with Gasteiger partial charge in [0.05, 0.1) is 35.4 Å². The maximum Gasteiger partial charge on any atom is 0.309 e. The zero-order chi connectivity index (χ0) is 24.5. The SMILES string of the molecule is CCC1(O)CC(=O)OCc2c1cc1n(c2=O)Cc2c-1nc1cc(F)c(C)cc1c2CN1CCCC1. The van der Waals surface area contributed by atoms with Crippen LogP contribution in [0.2, 0.25) is 0 Å². The molecule has 3 aliphatic heterocycles. The molecule has 1 aromatic carbocycles. The third-order valence-corrected chi connectivity index (χ3v) is 7.92. The normalized spacial score (nSPS) is 21.5. The Bertz CT molecular complexity index is 1460. The summed E-state index contributed by atoms with van der Waals surface area (Å²) in [6, 6.07) is 5.12. The van der Waals surface area contributed by atoms with Crippen LogP contribution in [0.25, 0.3) is 22.3 Å². The summed E-state index contributed by atoms with van der Waals surface area (Å²) in [6.45, 7) is 6.45. The molecule has 6 rings (SSSR count). The molecule has 3 aromatic rings. The maximum atomic E-state index is 14.6. The Morgan fingerprint density at radius 1 is 1.17 bits per heavy atom. The number of aromatic nitrogens is 2. The minimum atomic E-state index is -1.49. The summed E-state index contributed by atoms with van der Waals surface area (Å²) < 4.78 is 21.5. The van der Waals surface area contributed by atoms with E-state index in [1.807, 2.05) is 6.07 Å². The molecule has 1 fully saturated rings. The minimum absolute atomic E-state index is 0.160. The third-order valence-electron chi connectivity index (χ3n) is 7.92. The van der Waals surface area contributed by atoms with E-state index < -0.39 is 11.6 Å². The molecule has 5 heterocycles. The first-order valence-electron chi connectivity index (χ1n) is 12.3. The van der Waals surface area contributed by atoms with Gasteiger partial charge in [0.15, 0.2) is 0 Å². The average Bonchev–Trinajstić information content (AvgIpc) is 3.44. The van der Waals surface area contributed by atoms with Gasteiger partial charge >= 0.3 is 5.97 Å². The Morgan fingerprint density at radius 2 is 1.94 bits per heavy atom. The van der Waals surface area contributed by atoms with Gasteiger partial charge in [0, 0.05) is 23.6 Å². The molecule has 8 heteroatoms. The van der Waals surface area contributed by atoms with Crippen molar-refractivity contribution in [3.05, 3.63) is 62.2 Å². The van der Waals surface area contributed by atoms with Crippen LogP contribution in [0.5, 0.6) is 0 Å². The first kappa shape index (κ1) is 22.4. The lowest BCUT2D eigenvalue weighted by atomic mass is 9.85. The quantitative estimate of drug-likeness (QED) is 0.455. The van der Waals surface area contributed by atoms with E-state index in [-0.39, 0.29) is 30.8 Å². The van der Waals surface area contributed by atoms with E-state index in [9.17, 15) is 19.1 Å². The average molecular weight is 478 g/mol. The van der Waals surface area contributed by atoms with Crippen molar-refractivity contribution < 1.29 is 19.0 Å². The number of aryl methyl sites for hydroxylation is 1. The lowest BCUT2D eigenvalue weighted by Gasteiger charge is -2.26. The number of halogens is 1. The molecule has 0 saturated carbocycles. The van der Waals surface area contributed by atoms with E-state index >= 15 is 0 Å². The Balaban J connectivity index is 1.61. The predicted molar refractivity (Wildman–Crippen MR) is 128 cm³/mol. The first-order valence-corrected chi connectivity index (χ1v) is 12.3. The van der Waals surface area contributed by atoms with E-state index in [1.54, 1.807) is 24.5 Å². The molecule has 3 aliphatic rings. The van der Waals surface area contributed by atoms with Crippen molar-refractivity contribution in [2.24, 2.45) is 0 Å². The second-order valence-corrected chi connectivity index (χ2v) is 10.1. The number of nitrogens with zero attached hydrogens (tertiary/aromatic N) is 3. The number of rotatable bonds is 3. The van der Waals surface area contributed by atoms with Crippen molar-refractivity contribution >= 4 is 16.9 Å². The highest BCUT2D eigenvalue weighted by molar-refractivity contribution is 5.88. The van der Waals surface area contributed by atoms with Crippen molar-refractivity contribution in [1.82, 2.24) is 14.5 Å². The maximum absolute atomic E-state index is 14.6. The molecule has 0 aliphatic carbocycles. The monoisotopic (exact) mass is 477 g/mol. The number of likely N-dealkylation sites (tertiary alicyclic amines) is 1. The predicted octanol–water partition coefficient (Wildman–Crippen LogP) is 3.51. The fourth-order valence-corrected chi connectivity index (χ4v) is 5.83. The molecule has 1 unspecified atom stereocenters. The second-order valence-electron chi connectivity index (χ2n) is 10.1. The van der Waals surface area contributed by atoms with Gasteiger partial charge in [0.2, 0.25) is 0 Å². The van der Waals surface area contributed by atoms with Crippen LogP contribution in [0.4, 0.5) is 4.39 Å². The van der Waals surface area contributed by atoms with Crippen LogP contribution < -0.4 is 5.56 Å². The Hall–Kier alpha value is -3.10. The van der Waals surface area contributed by atoms with Gasteiger partial charge in [0.1, 0.15) is 18.0 Å². The summed E-state index contributed by atoms with van der Waals surface area (Å²) in [4.78, 5) is 33.0. The number of ether oxygens (including phenoxy) is 1. The molecule has 0 spiro atoms. The van der Waals surface area contributed by atoms with E-state index in [4.69, 9.17) is 9.72 Å². The van der Waals surface area contributed by atoms with E-state index in [2.05, 4.69) is 4.90 Å². The molecular formula is C27H28FN3O4. The summed E-state index contributed by atoms with van der Waals surface area (Å²) in [7, 11) is 0. The van der Waals surface area contributed by atoms with Crippen molar-refractivity contribution in [2.45, 2.75) is 64.8 Å². The molecular weight excluding hydrogens is 449 g/mol. The fourth-order valence-electron chi connectivity index (χ4n) is 5.83. The number of hydrogen-bond donors (Lipinski definition) is 1. The van der Waals surface area contributed by atoms with Crippen molar-refractivity contribution in [1.29, 1.82) is 0 Å². The van der Waals surface area contributed by atoms with Crippen molar-refractivity contribution in [3.63, 3.8) is 0 Å².